The first-order valence-electron chi connectivity index (χ1n) is 7.71. The number of halogens is 4. The summed E-state index contributed by atoms with van der Waals surface area (Å²) < 4.78 is 80.4. The van der Waals surface area contributed by atoms with Crippen molar-refractivity contribution in [2.24, 2.45) is 0 Å². The summed E-state index contributed by atoms with van der Waals surface area (Å²) in [5, 5.41) is 0. The third-order valence-corrected chi connectivity index (χ3v) is 5.70. The van der Waals surface area contributed by atoms with Crippen LogP contribution in [0.4, 0.5) is 17.6 Å². The lowest BCUT2D eigenvalue weighted by Gasteiger charge is -2.17. The van der Waals surface area contributed by atoms with Crippen LogP contribution < -0.4 is 9.46 Å². The van der Waals surface area contributed by atoms with Crippen molar-refractivity contribution in [1.29, 1.82) is 0 Å². The fraction of sp³-hybridized carbons (Fsp3) is 0.294. The van der Waals surface area contributed by atoms with Crippen LogP contribution in [0.25, 0.3) is 0 Å². The molecule has 1 fully saturated rings. The van der Waals surface area contributed by atoms with Gasteiger partial charge in [-0.15, -0.1) is 13.2 Å². The number of benzene rings is 2. The van der Waals surface area contributed by atoms with Crippen LogP contribution in [0.3, 0.4) is 0 Å². The van der Waals surface area contributed by atoms with Gasteiger partial charge in [0.25, 0.3) is 0 Å². The van der Waals surface area contributed by atoms with E-state index in [4.69, 9.17) is 0 Å². The topological polar surface area (TPSA) is 55.4 Å². The van der Waals surface area contributed by atoms with Crippen molar-refractivity contribution in [2.45, 2.75) is 29.5 Å². The molecule has 0 heterocycles. The van der Waals surface area contributed by atoms with Crippen molar-refractivity contribution in [3.05, 3.63) is 59.9 Å². The molecule has 0 bridgehead atoms. The highest BCUT2D eigenvalue weighted by atomic mass is 32.2. The zero-order valence-electron chi connectivity index (χ0n) is 13.4. The number of hydrogen-bond acceptors (Lipinski definition) is 3. The molecule has 0 aromatic heterocycles. The lowest BCUT2D eigenvalue weighted by atomic mass is 9.96. The third-order valence-electron chi connectivity index (χ3n) is 4.28. The lowest BCUT2D eigenvalue weighted by Crippen LogP contribution is -2.32. The van der Waals surface area contributed by atoms with Crippen LogP contribution in [0.15, 0.2) is 53.4 Å². The predicted molar refractivity (Wildman–Crippen MR) is 85.6 cm³/mol. The second-order valence-corrected chi connectivity index (χ2v) is 7.90. The summed E-state index contributed by atoms with van der Waals surface area (Å²) in [5.41, 5.74) is 0.468. The first-order valence-corrected chi connectivity index (χ1v) is 9.20. The van der Waals surface area contributed by atoms with Crippen molar-refractivity contribution in [2.75, 3.05) is 6.54 Å². The van der Waals surface area contributed by atoms with Gasteiger partial charge in [-0.05, 0) is 54.8 Å². The average molecular weight is 389 g/mol. The van der Waals surface area contributed by atoms with Gasteiger partial charge in [0.15, 0.2) is 0 Å². The van der Waals surface area contributed by atoms with Crippen molar-refractivity contribution in [3.63, 3.8) is 0 Å². The number of rotatable bonds is 6. The van der Waals surface area contributed by atoms with Gasteiger partial charge in [-0.25, -0.2) is 17.5 Å². The maximum absolute atomic E-state index is 13.0. The van der Waals surface area contributed by atoms with Crippen LogP contribution in [0.1, 0.15) is 18.4 Å². The molecule has 0 saturated heterocycles. The van der Waals surface area contributed by atoms with Gasteiger partial charge in [-0.2, -0.15) is 0 Å². The Kier molecular flexibility index (Phi) is 4.70. The number of alkyl halides is 3. The van der Waals surface area contributed by atoms with E-state index in [1.54, 1.807) is 12.1 Å². The molecule has 1 saturated carbocycles. The summed E-state index contributed by atoms with van der Waals surface area (Å²) >= 11 is 0. The SMILES string of the molecule is O=S(=O)(NCC1(c2ccc(F)cc2)CC1)c1ccc(OC(F)(F)F)cc1. The number of nitrogens with one attached hydrogen (secondary N) is 1. The van der Waals surface area contributed by atoms with Crippen molar-refractivity contribution in [3.8, 4) is 5.75 Å². The molecule has 140 valence electrons. The van der Waals surface area contributed by atoms with E-state index in [1.807, 2.05) is 0 Å². The van der Waals surface area contributed by atoms with Crippen LogP contribution in [0, 0.1) is 5.82 Å². The summed E-state index contributed by atoms with van der Waals surface area (Å²) in [7, 11) is -3.89. The van der Waals surface area contributed by atoms with Gasteiger partial charge in [0.1, 0.15) is 11.6 Å². The maximum Gasteiger partial charge on any atom is 0.573 e. The Morgan fingerprint density at radius 2 is 1.58 bits per heavy atom. The molecule has 0 unspecified atom stereocenters. The summed E-state index contributed by atoms with van der Waals surface area (Å²) in [6, 6.07) is 9.86. The Bertz CT molecular complexity index is 874. The predicted octanol–water partition coefficient (Wildman–Crippen LogP) is 3.73. The Hall–Kier alpha value is -2.13. The molecule has 1 N–H and O–H groups in total. The molecule has 0 radical (unpaired) electrons. The van der Waals surface area contributed by atoms with Gasteiger partial charge >= 0.3 is 6.36 Å². The normalized spacial score (nSPS) is 16.3. The van der Waals surface area contributed by atoms with Crippen LogP contribution in [0.2, 0.25) is 0 Å². The lowest BCUT2D eigenvalue weighted by molar-refractivity contribution is -0.274. The standard InChI is InChI=1S/C17H15F4NO3S/c18-13-3-1-12(2-4-13)16(9-10-16)11-22-26(23,24)15-7-5-14(6-8-15)25-17(19,20)21/h1-8,22H,9-11H2. The van der Waals surface area contributed by atoms with Gasteiger partial charge < -0.3 is 4.74 Å². The van der Waals surface area contributed by atoms with Gasteiger partial charge in [-0.3, -0.25) is 0 Å². The van der Waals surface area contributed by atoms with E-state index in [-0.39, 0.29) is 22.7 Å². The molecule has 0 aliphatic heterocycles. The van der Waals surface area contributed by atoms with Gasteiger partial charge in [0, 0.05) is 12.0 Å². The molecule has 0 atom stereocenters. The van der Waals surface area contributed by atoms with Gasteiger partial charge in [0.2, 0.25) is 10.0 Å². The zero-order chi connectivity index (χ0) is 19.0. The first-order chi connectivity index (χ1) is 12.1. The largest absolute Gasteiger partial charge is 0.573 e. The molecule has 1 aliphatic carbocycles. The second-order valence-electron chi connectivity index (χ2n) is 6.13. The molecule has 4 nitrogen and oxygen atoms in total. The number of sulfonamides is 1. The minimum atomic E-state index is -4.84. The van der Waals surface area contributed by atoms with Gasteiger partial charge in [0.05, 0.1) is 4.90 Å². The Balaban J connectivity index is 1.68. The minimum absolute atomic E-state index is 0.127. The minimum Gasteiger partial charge on any atom is -0.406 e. The molecular formula is C17H15F4NO3S. The van der Waals surface area contributed by atoms with Crippen LogP contribution in [-0.2, 0) is 15.4 Å². The van der Waals surface area contributed by atoms with E-state index >= 15 is 0 Å². The summed E-state index contributed by atoms with van der Waals surface area (Å²) in [6.07, 6.45) is -3.31. The second kappa shape index (κ2) is 6.55. The monoisotopic (exact) mass is 389 g/mol. The van der Waals surface area contributed by atoms with E-state index in [0.29, 0.717) is 0 Å². The van der Waals surface area contributed by atoms with E-state index in [2.05, 4.69) is 9.46 Å². The molecule has 0 spiro atoms. The van der Waals surface area contributed by atoms with E-state index in [9.17, 15) is 26.0 Å². The Morgan fingerprint density at radius 1 is 1.00 bits per heavy atom. The molecule has 9 heteroatoms. The van der Waals surface area contributed by atoms with E-state index in [0.717, 1.165) is 42.7 Å². The van der Waals surface area contributed by atoms with Crippen molar-refractivity contribution < 1.29 is 30.7 Å². The fourth-order valence-electron chi connectivity index (χ4n) is 2.66. The zero-order valence-corrected chi connectivity index (χ0v) is 14.2. The molecule has 1 aliphatic rings. The summed E-state index contributed by atoms with van der Waals surface area (Å²) in [6.45, 7) is 0.127. The third kappa shape index (κ3) is 4.34. The molecular weight excluding hydrogens is 374 g/mol. The highest BCUT2D eigenvalue weighted by Gasteiger charge is 2.44. The van der Waals surface area contributed by atoms with Crippen molar-refractivity contribution >= 4 is 10.0 Å². The molecule has 2 aromatic carbocycles. The fourth-order valence-corrected chi connectivity index (χ4v) is 3.79. The average Bonchev–Trinajstić information content (AvgIpc) is 3.34. The Morgan fingerprint density at radius 3 is 2.08 bits per heavy atom. The summed E-state index contributed by atoms with van der Waals surface area (Å²) in [5.74, 6) is -0.868. The van der Waals surface area contributed by atoms with Crippen LogP contribution in [0.5, 0.6) is 5.75 Å². The molecule has 3 rings (SSSR count). The molecule has 26 heavy (non-hydrogen) atoms. The number of hydrogen-bond donors (Lipinski definition) is 1. The smallest absolute Gasteiger partial charge is 0.406 e. The van der Waals surface area contributed by atoms with Crippen molar-refractivity contribution in [1.82, 2.24) is 4.72 Å². The quantitative estimate of drug-likeness (QED) is 0.766. The van der Waals surface area contributed by atoms with E-state index < -0.39 is 22.1 Å². The number of ether oxygens (including phenoxy) is 1. The highest BCUT2D eigenvalue weighted by molar-refractivity contribution is 7.89. The first kappa shape index (κ1) is 18.7. The summed E-state index contributed by atoms with van der Waals surface area (Å²) in [4.78, 5) is -0.165. The molecule has 2 aromatic rings. The Labute approximate surface area is 147 Å². The van der Waals surface area contributed by atoms with Gasteiger partial charge in [-0.1, -0.05) is 12.1 Å². The van der Waals surface area contributed by atoms with Crippen LogP contribution >= 0.6 is 0 Å². The maximum atomic E-state index is 13.0. The van der Waals surface area contributed by atoms with E-state index in [1.165, 1.54) is 12.1 Å². The van der Waals surface area contributed by atoms with Crippen LogP contribution in [-0.4, -0.2) is 21.3 Å². The molecule has 0 amide bonds. The highest BCUT2D eigenvalue weighted by Crippen LogP contribution is 2.47.